The Labute approximate surface area is 180 Å². The molecule has 0 fully saturated rings. The van der Waals surface area contributed by atoms with Gasteiger partial charge in [-0.2, -0.15) is 0 Å². The zero-order valence-electron chi connectivity index (χ0n) is 16.9. The maximum absolute atomic E-state index is 13.6. The van der Waals surface area contributed by atoms with Crippen LogP contribution >= 0.6 is 11.6 Å². The van der Waals surface area contributed by atoms with Gasteiger partial charge >= 0.3 is 0 Å². The van der Waals surface area contributed by atoms with Crippen molar-refractivity contribution in [2.75, 3.05) is 17.8 Å². The molecule has 0 saturated carbocycles. The molecule has 0 aliphatic carbocycles. The Morgan fingerprint density at radius 1 is 1.10 bits per heavy atom. The third-order valence-corrected chi connectivity index (χ3v) is 6.15. The molecule has 0 aliphatic heterocycles. The van der Waals surface area contributed by atoms with E-state index < -0.39 is 16.5 Å². The van der Waals surface area contributed by atoms with Gasteiger partial charge in [0.2, 0.25) is 0 Å². The van der Waals surface area contributed by atoms with Crippen molar-refractivity contribution in [3.8, 4) is 0 Å². The van der Waals surface area contributed by atoms with E-state index in [0.717, 1.165) is 11.8 Å². The zero-order chi connectivity index (χ0) is 22.1. The fourth-order valence-electron chi connectivity index (χ4n) is 3.28. The molecule has 0 spiro atoms. The summed E-state index contributed by atoms with van der Waals surface area (Å²) in [5.41, 5.74) is 3.58. The van der Waals surface area contributed by atoms with E-state index in [1.165, 1.54) is 17.0 Å². The van der Waals surface area contributed by atoms with Crippen molar-refractivity contribution >= 4 is 38.7 Å². The van der Waals surface area contributed by atoms with E-state index in [-0.39, 0.29) is 17.2 Å². The smallest absolute Gasteiger partial charge is 0.264 e. The number of benzene rings is 2. The summed E-state index contributed by atoms with van der Waals surface area (Å²) in [7, 11) is -3.37. The Kier molecular flexibility index (Phi) is 6.33. The third-order valence-electron chi connectivity index (χ3n) is 4.79. The highest BCUT2D eigenvalue weighted by Crippen LogP contribution is 2.33. The van der Waals surface area contributed by atoms with E-state index in [4.69, 9.17) is 11.6 Å². The fourth-order valence-corrected chi connectivity index (χ4v) is 4.14. The van der Waals surface area contributed by atoms with Gasteiger partial charge in [0, 0.05) is 34.8 Å². The largest absolute Gasteiger partial charge is 0.362 e. The van der Waals surface area contributed by atoms with Crippen molar-refractivity contribution in [1.29, 1.82) is 0 Å². The van der Waals surface area contributed by atoms with Crippen molar-refractivity contribution in [3.05, 3.63) is 76.1 Å². The summed E-state index contributed by atoms with van der Waals surface area (Å²) in [6, 6.07) is 12.9. The molecule has 0 bridgehead atoms. The highest BCUT2D eigenvalue weighted by molar-refractivity contribution is 7.90. The van der Waals surface area contributed by atoms with Crippen molar-refractivity contribution < 1.29 is 17.6 Å². The Balaban J connectivity index is 2.14. The maximum Gasteiger partial charge on any atom is 0.264 e. The lowest BCUT2D eigenvalue weighted by molar-refractivity contribution is 0.0998. The standard InChI is InChI=1S/C22H22ClFN2O3S/c1-14-12-16(23)4-9-21(14)26(18-5-7-19(8-6-18)30(3,28)29)22(27)20-13-17(10-11-24)25-15(20)2/h4-9,12-13,25H,10-11H2,1-3H3. The summed E-state index contributed by atoms with van der Waals surface area (Å²) in [6.07, 6.45) is 1.32. The lowest BCUT2D eigenvalue weighted by Gasteiger charge is -2.25. The van der Waals surface area contributed by atoms with Crippen molar-refractivity contribution in [1.82, 2.24) is 4.98 Å². The SMILES string of the molecule is Cc1cc(Cl)ccc1N(C(=O)c1cc(CCF)[nH]c1C)c1ccc(S(C)(=O)=O)cc1. The molecule has 1 N–H and O–H groups in total. The number of aromatic amines is 1. The number of amides is 1. The summed E-state index contributed by atoms with van der Waals surface area (Å²) in [4.78, 5) is 18.3. The first-order valence-electron chi connectivity index (χ1n) is 9.27. The Bertz CT molecular complexity index is 1190. The molecule has 3 rings (SSSR count). The second-order valence-electron chi connectivity index (χ2n) is 7.11. The highest BCUT2D eigenvalue weighted by atomic mass is 35.5. The van der Waals surface area contributed by atoms with E-state index in [1.54, 1.807) is 43.3 Å². The summed E-state index contributed by atoms with van der Waals surface area (Å²) >= 11 is 6.09. The number of H-pyrrole nitrogens is 1. The van der Waals surface area contributed by atoms with Gasteiger partial charge in [-0.05, 0) is 67.9 Å². The van der Waals surface area contributed by atoms with Gasteiger partial charge in [0.1, 0.15) is 0 Å². The van der Waals surface area contributed by atoms with Crippen LogP contribution in [-0.4, -0.2) is 32.2 Å². The predicted octanol–water partition coefficient (Wildman–Crippen LogP) is 5.18. The number of anilines is 2. The van der Waals surface area contributed by atoms with Crippen LogP contribution < -0.4 is 4.90 Å². The molecule has 0 saturated heterocycles. The van der Waals surface area contributed by atoms with Crippen LogP contribution in [0.5, 0.6) is 0 Å². The normalized spacial score (nSPS) is 11.5. The second kappa shape index (κ2) is 8.62. The van der Waals surface area contributed by atoms with Crippen LogP contribution in [0.3, 0.4) is 0 Å². The quantitative estimate of drug-likeness (QED) is 0.564. The number of aryl methyl sites for hydroxylation is 3. The van der Waals surface area contributed by atoms with Crippen LogP contribution in [-0.2, 0) is 16.3 Å². The lowest BCUT2D eigenvalue weighted by Crippen LogP contribution is -2.27. The van der Waals surface area contributed by atoms with E-state index in [9.17, 15) is 17.6 Å². The van der Waals surface area contributed by atoms with Crippen LogP contribution in [0.2, 0.25) is 5.02 Å². The number of rotatable bonds is 6. The summed E-state index contributed by atoms with van der Waals surface area (Å²) in [5.74, 6) is -0.314. The lowest BCUT2D eigenvalue weighted by atomic mass is 10.1. The van der Waals surface area contributed by atoms with E-state index >= 15 is 0 Å². The molecule has 0 unspecified atom stereocenters. The third kappa shape index (κ3) is 4.57. The number of nitrogens with one attached hydrogen (secondary N) is 1. The van der Waals surface area contributed by atoms with Crippen molar-refractivity contribution in [2.24, 2.45) is 0 Å². The molecule has 1 amide bonds. The predicted molar refractivity (Wildman–Crippen MR) is 117 cm³/mol. The molecule has 3 aromatic rings. The molecule has 5 nitrogen and oxygen atoms in total. The zero-order valence-corrected chi connectivity index (χ0v) is 18.4. The molecule has 0 radical (unpaired) electrons. The van der Waals surface area contributed by atoms with Crippen LogP contribution in [0.1, 0.15) is 27.3 Å². The first-order valence-corrected chi connectivity index (χ1v) is 11.5. The number of hydrogen-bond donors (Lipinski definition) is 1. The molecule has 0 atom stereocenters. The maximum atomic E-state index is 13.6. The number of aromatic nitrogens is 1. The summed E-state index contributed by atoms with van der Waals surface area (Å²) in [5, 5.41) is 0.541. The second-order valence-corrected chi connectivity index (χ2v) is 9.56. The van der Waals surface area contributed by atoms with Gasteiger partial charge in [-0.25, -0.2) is 8.42 Å². The molecule has 158 valence electrons. The van der Waals surface area contributed by atoms with Gasteiger partial charge in [-0.15, -0.1) is 0 Å². The van der Waals surface area contributed by atoms with Crippen LogP contribution in [0, 0.1) is 13.8 Å². The minimum Gasteiger partial charge on any atom is -0.362 e. The van der Waals surface area contributed by atoms with Crippen LogP contribution in [0.15, 0.2) is 53.4 Å². The molecule has 0 aliphatic rings. The van der Waals surface area contributed by atoms with Gasteiger partial charge in [0.15, 0.2) is 9.84 Å². The monoisotopic (exact) mass is 448 g/mol. The Morgan fingerprint density at radius 3 is 2.33 bits per heavy atom. The molecule has 2 aromatic carbocycles. The van der Waals surface area contributed by atoms with Gasteiger partial charge in [-0.1, -0.05) is 11.6 Å². The first kappa shape index (κ1) is 22.1. The molecule has 30 heavy (non-hydrogen) atoms. The van der Waals surface area contributed by atoms with Crippen LogP contribution in [0.4, 0.5) is 15.8 Å². The molecule has 8 heteroatoms. The first-order chi connectivity index (χ1) is 14.1. The Morgan fingerprint density at radius 2 is 1.77 bits per heavy atom. The molecule has 1 heterocycles. The molecule has 1 aromatic heterocycles. The van der Waals surface area contributed by atoms with Crippen molar-refractivity contribution in [3.63, 3.8) is 0 Å². The number of halogens is 2. The number of hydrogen-bond acceptors (Lipinski definition) is 3. The van der Waals surface area contributed by atoms with Crippen LogP contribution in [0.25, 0.3) is 0 Å². The number of alkyl halides is 1. The molecular weight excluding hydrogens is 427 g/mol. The minimum absolute atomic E-state index is 0.162. The summed E-state index contributed by atoms with van der Waals surface area (Å²) in [6.45, 7) is 3.07. The number of carbonyl (C=O) groups excluding carboxylic acids is 1. The Hall–Kier alpha value is -2.64. The van der Waals surface area contributed by atoms with E-state index in [2.05, 4.69) is 4.98 Å². The summed E-state index contributed by atoms with van der Waals surface area (Å²) < 4.78 is 36.4. The number of nitrogens with zero attached hydrogens (tertiary/aromatic N) is 1. The topological polar surface area (TPSA) is 70.2 Å². The number of carbonyl (C=O) groups is 1. The van der Waals surface area contributed by atoms with Gasteiger partial charge in [-0.3, -0.25) is 14.1 Å². The van der Waals surface area contributed by atoms with Crippen molar-refractivity contribution in [2.45, 2.75) is 25.2 Å². The fraction of sp³-hybridized carbons (Fsp3) is 0.227. The van der Waals surface area contributed by atoms with E-state index in [0.29, 0.717) is 33.3 Å². The van der Waals surface area contributed by atoms with E-state index in [1.807, 2.05) is 6.92 Å². The average Bonchev–Trinajstić information content (AvgIpc) is 3.04. The van der Waals surface area contributed by atoms with Gasteiger partial charge < -0.3 is 4.98 Å². The van der Waals surface area contributed by atoms with Gasteiger partial charge in [0.25, 0.3) is 5.91 Å². The average molecular weight is 449 g/mol. The minimum atomic E-state index is -3.37. The highest BCUT2D eigenvalue weighted by Gasteiger charge is 2.24. The van der Waals surface area contributed by atoms with Gasteiger partial charge in [0.05, 0.1) is 22.8 Å². The molecular formula is C22H22ClFN2O3S. The number of sulfone groups is 1.